The van der Waals surface area contributed by atoms with Crippen molar-refractivity contribution in [2.45, 2.75) is 20.3 Å². The van der Waals surface area contributed by atoms with Gasteiger partial charge in [0.15, 0.2) is 16.0 Å². The SMILES string of the molecule is Cc1ccc(Nc2nc(C)c(C(=O)C/C(=N/NC(N)=S)C(=O)Nc3cc(Cl)cc(Cl)c3)s2)cc1. The van der Waals surface area contributed by atoms with E-state index >= 15 is 0 Å². The Morgan fingerprint density at radius 2 is 1.74 bits per heavy atom. The maximum Gasteiger partial charge on any atom is 0.272 e. The van der Waals surface area contributed by atoms with Crippen LogP contribution < -0.4 is 21.8 Å². The van der Waals surface area contributed by atoms with E-state index in [-0.39, 0.29) is 23.0 Å². The summed E-state index contributed by atoms with van der Waals surface area (Å²) in [6, 6.07) is 12.3. The summed E-state index contributed by atoms with van der Waals surface area (Å²) in [7, 11) is 0. The van der Waals surface area contributed by atoms with Crippen molar-refractivity contribution in [1.29, 1.82) is 0 Å². The number of hydrazone groups is 1. The monoisotopic (exact) mass is 534 g/mol. The smallest absolute Gasteiger partial charge is 0.272 e. The van der Waals surface area contributed by atoms with Gasteiger partial charge in [0, 0.05) is 21.4 Å². The molecule has 2 aromatic carbocycles. The highest BCUT2D eigenvalue weighted by Gasteiger charge is 2.22. The van der Waals surface area contributed by atoms with Crippen LogP contribution in [0.25, 0.3) is 0 Å². The number of halogens is 2. The summed E-state index contributed by atoms with van der Waals surface area (Å²) < 4.78 is 0. The molecule has 3 rings (SSSR count). The van der Waals surface area contributed by atoms with Crippen molar-refractivity contribution in [2.24, 2.45) is 10.8 Å². The molecule has 1 heterocycles. The first-order valence-corrected chi connectivity index (χ1v) is 11.8. The fourth-order valence-corrected chi connectivity index (χ4v) is 4.32. The topological polar surface area (TPSA) is 122 Å². The van der Waals surface area contributed by atoms with Gasteiger partial charge in [-0.05, 0) is 56.4 Å². The number of nitrogens with one attached hydrogen (secondary N) is 3. The number of carbonyl (C=O) groups excluding carboxylic acids is 2. The van der Waals surface area contributed by atoms with Gasteiger partial charge in [-0.3, -0.25) is 15.0 Å². The van der Waals surface area contributed by atoms with Gasteiger partial charge in [0.2, 0.25) is 0 Å². The molecule has 0 saturated carbocycles. The lowest BCUT2D eigenvalue weighted by Gasteiger charge is -2.09. The van der Waals surface area contributed by atoms with E-state index in [1.807, 2.05) is 31.2 Å². The molecule has 0 aliphatic rings. The summed E-state index contributed by atoms with van der Waals surface area (Å²) in [4.78, 5) is 30.7. The lowest BCUT2D eigenvalue weighted by Crippen LogP contribution is -2.31. The lowest BCUT2D eigenvalue weighted by molar-refractivity contribution is -0.110. The van der Waals surface area contributed by atoms with Gasteiger partial charge in [0.1, 0.15) is 5.71 Å². The number of ketones is 1. The van der Waals surface area contributed by atoms with E-state index in [1.54, 1.807) is 6.92 Å². The lowest BCUT2D eigenvalue weighted by atomic mass is 10.1. The van der Waals surface area contributed by atoms with Crippen LogP contribution in [0.5, 0.6) is 0 Å². The van der Waals surface area contributed by atoms with E-state index < -0.39 is 5.91 Å². The molecule has 1 aromatic heterocycles. The van der Waals surface area contributed by atoms with E-state index in [4.69, 9.17) is 41.2 Å². The van der Waals surface area contributed by atoms with E-state index in [9.17, 15) is 9.59 Å². The summed E-state index contributed by atoms with van der Waals surface area (Å²) in [6.45, 7) is 3.72. The average molecular weight is 535 g/mol. The molecule has 5 N–H and O–H groups in total. The second kappa shape index (κ2) is 11.4. The number of rotatable bonds is 8. The molecule has 0 spiro atoms. The second-order valence-corrected chi connectivity index (χ2v) is 9.48. The number of nitrogens with two attached hydrogens (primary N) is 1. The maximum absolute atomic E-state index is 13.0. The van der Waals surface area contributed by atoms with E-state index in [0.717, 1.165) is 11.3 Å². The van der Waals surface area contributed by atoms with E-state index in [0.29, 0.717) is 31.4 Å². The predicted octanol–water partition coefficient (Wildman–Crippen LogP) is 5.21. The number of amides is 1. The number of benzene rings is 2. The Morgan fingerprint density at radius 1 is 1.09 bits per heavy atom. The Labute approximate surface area is 215 Å². The molecule has 34 heavy (non-hydrogen) atoms. The minimum Gasteiger partial charge on any atom is -0.375 e. The van der Waals surface area contributed by atoms with Crippen molar-refractivity contribution in [3.8, 4) is 0 Å². The quantitative estimate of drug-likeness (QED) is 0.135. The van der Waals surface area contributed by atoms with Crippen molar-refractivity contribution in [3.63, 3.8) is 0 Å². The Kier molecular flexibility index (Phi) is 8.56. The third kappa shape index (κ3) is 7.22. The predicted molar refractivity (Wildman–Crippen MR) is 143 cm³/mol. The fraction of sp³-hybridized carbons (Fsp3) is 0.136. The maximum atomic E-state index is 13.0. The normalized spacial score (nSPS) is 11.1. The number of hydrogen-bond donors (Lipinski definition) is 4. The molecular weight excluding hydrogens is 515 g/mol. The molecule has 0 radical (unpaired) electrons. The zero-order valence-electron chi connectivity index (χ0n) is 18.1. The van der Waals surface area contributed by atoms with Crippen LogP contribution >= 0.6 is 46.8 Å². The fourth-order valence-electron chi connectivity index (χ4n) is 2.82. The van der Waals surface area contributed by atoms with Gasteiger partial charge in [-0.1, -0.05) is 52.2 Å². The summed E-state index contributed by atoms with van der Waals surface area (Å²) in [5.74, 6) is -0.981. The van der Waals surface area contributed by atoms with Crippen LogP contribution in [0.4, 0.5) is 16.5 Å². The highest BCUT2D eigenvalue weighted by atomic mass is 35.5. The number of thiazole rings is 1. The Balaban J connectivity index is 1.78. The minimum atomic E-state index is -0.643. The summed E-state index contributed by atoms with van der Waals surface area (Å²) >= 11 is 17.9. The van der Waals surface area contributed by atoms with Crippen LogP contribution in [0.15, 0.2) is 47.6 Å². The Hall–Kier alpha value is -3.05. The first-order valence-electron chi connectivity index (χ1n) is 9.84. The number of thiocarbonyl (C=S) groups is 1. The molecule has 0 fully saturated rings. The van der Waals surface area contributed by atoms with Gasteiger partial charge in [0.05, 0.1) is 17.0 Å². The van der Waals surface area contributed by atoms with Crippen molar-refractivity contribution in [1.82, 2.24) is 10.4 Å². The summed E-state index contributed by atoms with van der Waals surface area (Å²) in [5, 5.41) is 10.8. The third-order valence-corrected chi connectivity index (χ3v) is 6.01. The van der Waals surface area contributed by atoms with Crippen molar-refractivity contribution in [2.75, 3.05) is 10.6 Å². The number of carbonyl (C=O) groups is 2. The minimum absolute atomic E-state index is 0.130. The van der Waals surface area contributed by atoms with Crippen LogP contribution in [0, 0.1) is 13.8 Å². The zero-order valence-corrected chi connectivity index (χ0v) is 21.3. The number of nitrogens with zero attached hydrogens (tertiary/aromatic N) is 2. The van der Waals surface area contributed by atoms with Crippen LogP contribution in [0.2, 0.25) is 10.0 Å². The third-order valence-electron chi connectivity index (χ3n) is 4.36. The van der Waals surface area contributed by atoms with Crippen molar-refractivity contribution < 1.29 is 9.59 Å². The van der Waals surface area contributed by atoms with Crippen LogP contribution in [0.3, 0.4) is 0 Å². The number of anilines is 3. The molecular formula is C22H20Cl2N6O2S2. The zero-order chi connectivity index (χ0) is 24.8. The number of aromatic nitrogens is 1. The molecule has 176 valence electrons. The number of aryl methyl sites for hydroxylation is 2. The Morgan fingerprint density at radius 3 is 2.35 bits per heavy atom. The molecule has 12 heteroatoms. The molecule has 0 atom stereocenters. The number of hydrogen-bond acceptors (Lipinski definition) is 7. The summed E-state index contributed by atoms with van der Waals surface area (Å²) in [6.07, 6.45) is -0.317. The second-order valence-electron chi connectivity index (χ2n) is 7.17. The van der Waals surface area contributed by atoms with Gasteiger partial charge in [-0.2, -0.15) is 5.10 Å². The van der Waals surface area contributed by atoms with Crippen LogP contribution in [-0.4, -0.2) is 27.5 Å². The Bertz CT molecular complexity index is 1250. The van der Waals surface area contributed by atoms with Gasteiger partial charge >= 0.3 is 0 Å². The van der Waals surface area contributed by atoms with Crippen molar-refractivity contribution >= 4 is 85.8 Å². The average Bonchev–Trinajstić information content (AvgIpc) is 3.11. The largest absolute Gasteiger partial charge is 0.375 e. The molecule has 0 unspecified atom stereocenters. The number of Topliss-reactive ketones (excluding diaryl/α,β-unsaturated/α-hetero) is 1. The molecule has 1 amide bonds. The van der Waals surface area contributed by atoms with Crippen molar-refractivity contribution in [3.05, 3.63) is 68.6 Å². The molecule has 3 aromatic rings. The first kappa shape index (κ1) is 25.6. The molecule has 0 saturated heterocycles. The molecule has 0 bridgehead atoms. The molecule has 8 nitrogen and oxygen atoms in total. The standard InChI is InChI=1S/C22H20Cl2N6O2S2/c1-11-3-5-15(6-4-11)28-22-26-12(2)19(34-22)18(31)10-17(29-30-21(25)33)20(32)27-16-8-13(23)7-14(24)9-16/h3-9H,10H2,1-2H3,(H,26,28)(H,27,32)(H3,25,30,33)/b29-17-. The van der Waals surface area contributed by atoms with E-state index in [2.05, 4.69) is 26.1 Å². The van der Waals surface area contributed by atoms with Crippen LogP contribution in [0.1, 0.15) is 27.3 Å². The molecule has 0 aliphatic carbocycles. The van der Waals surface area contributed by atoms with Gasteiger partial charge in [-0.25, -0.2) is 4.98 Å². The molecule has 0 aliphatic heterocycles. The highest BCUT2D eigenvalue weighted by Crippen LogP contribution is 2.27. The highest BCUT2D eigenvalue weighted by molar-refractivity contribution is 7.80. The van der Waals surface area contributed by atoms with Gasteiger partial charge < -0.3 is 16.4 Å². The van der Waals surface area contributed by atoms with Crippen LogP contribution in [-0.2, 0) is 4.79 Å². The van der Waals surface area contributed by atoms with Gasteiger partial charge in [-0.15, -0.1) is 0 Å². The van der Waals surface area contributed by atoms with E-state index in [1.165, 1.54) is 29.5 Å². The van der Waals surface area contributed by atoms with Gasteiger partial charge in [0.25, 0.3) is 5.91 Å². The summed E-state index contributed by atoms with van der Waals surface area (Å²) in [5.41, 5.74) is 10.5. The first-order chi connectivity index (χ1) is 16.1.